The Hall–Kier alpha value is -2.06. The zero-order chi connectivity index (χ0) is 13.2. The van der Waals surface area contributed by atoms with Crippen molar-refractivity contribution in [3.8, 4) is 5.75 Å². The monoisotopic (exact) mass is 256 g/mol. The highest BCUT2D eigenvalue weighted by Crippen LogP contribution is 2.29. The average Bonchev–Trinajstić information content (AvgIpc) is 2.21. The second-order valence-corrected chi connectivity index (χ2v) is 2.77. The third-order valence-corrected chi connectivity index (χ3v) is 1.65. The first-order chi connectivity index (χ1) is 7.76. The Morgan fingerprint density at radius 2 is 1.88 bits per heavy atom. The molecule has 0 aliphatic carbocycles. The first-order valence-corrected chi connectivity index (χ1v) is 3.98. The van der Waals surface area contributed by atoms with Crippen LogP contribution in [0.2, 0.25) is 0 Å². The second kappa shape index (κ2) is 4.44. The molecule has 3 N–H and O–H groups in total. The number of hydrogen-bond acceptors (Lipinski definition) is 3. The molecule has 17 heavy (non-hydrogen) atoms. The van der Waals surface area contributed by atoms with Crippen LogP contribution < -0.4 is 10.5 Å². The number of nitrogens with two attached hydrogens (primary N) is 1. The lowest BCUT2D eigenvalue weighted by atomic mass is 10.1. The fourth-order valence-corrected chi connectivity index (χ4v) is 1.03. The van der Waals surface area contributed by atoms with Crippen LogP contribution in [0.4, 0.5) is 22.0 Å². The normalized spacial score (nSPS) is 12.6. The van der Waals surface area contributed by atoms with Crippen LogP contribution in [0.15, 0.2) is 17.3 Å². The van der Waals surface area contributed by atoms with Crippen molar-refractivity contribution in [1.82, 2.24) is 0 Å². The van der Waals surface area contributed by atoms with Crippen molar-refractivity contribution in [3.05, 3.63) is 29.3 Å². The number of amidine groups is 1. The van der Waals surface area contributed by atoms with E-state index in [0.29, 0.717) is 12.1 Å². The Morgan fingerprint density at radius 3 is 2.35 bits per heavy atom. The predicted molar refractivity (Wildman–Crippen MR) is 45.6 cm³/mol. The molecule has 0 aliphatic heterocycles. The molecular weight excluding hydrogens is 251 g/mol. The van der Waals surface area contributed by atoms with Crippen molar-refractivity contribution in [2.45, 2.75) is 6.36 Å². The number of nitrogens with zero attached hydrogens (tertiary/aromatic N) is 1. The lowest BCUT2D eigenvalue weighted by Gasteiger charge is -2.13. The maximum atomic E-state index is 13.2. The van der Waals surface area contributed by atoms with Crippen LogP contribution in [0.1, 0.15) is 5.56 Å². The van der Waals surface area contributed by atoms with Gasteiger partial charge in [0.2, 0.25) is 0 Å². The van der Waals surface area contributed by atoms with Gasteiger partial charge >= 0.3 is 6.36 Å². The molecule has 0 fully saturated rings. The standard InChI is InChI=1S/C8H5F5N2O2/c9-3-1-2-4(17-8(11,12)13)5(6(3)10)7(14)15-16/h1-2,16H,(H2,14,15). The van der Waals surface area contributed by atoms with Crippen LogP contribution in [0.3, 0.4) is 0 Å². The predicted octanol–water partition coefficient (Wildman–Crippen LogP) is 1.96. The Morgan fingerprint density at radius 1 is 1.29 bits per heavy atom. The van der Waals surface area contributed by atoms with E-state index in [1.54, 1.807) is 0 Å². The Labute approximate surface area is 91.1 Å². The van der Waals surface area contributed by atoms with Gasteiger partial charge in [0, 0.05) is 0 Å². The van der Waals surface area contributed by atoms with Gasteiger partial charge in [0.05, 0.1) is 0 Å². The van der Waals surface area contributed by atoms with E-state index < -0.39 is 35.1 Å². The summed E-state index contributed by atoms with van der Waals surface area (Å²) in [5.41, 5.74) is 3.82. The summed E-state index contributed by atoms with van der Waals surface area (Å²) in [5.74, 6) is -5.31. The molecule has 0 amide bonds. The van der Waals surface area contributed by atoms with E-state index >= 15 is 0 Å². The van der Waals surface area contributed by atoms with E-state index in [2.05, 4.69) is 9.89 Å². The Balaban J connectivity index is 3.36. The third-order valence-electron chi connectivity index (χ3n) is 1.65. The highest BCUT2D eigenvalue weighted by molar-refractivity contribution is 5.99. The number of oxime groups is 1. The van der Waals surface area contributed by atoms with Gasteiger partial charge in [-0.2, -0.15) is 0 Å². The van der Waals surface area contributed by atoms with Crippen LogP contribution >= 0.6 is 0 Å². The molecule has 0 heterocycles. The molecule has 0 spiro atoms. The van der Waals surface area contributed by atoms with Crippen LogP contribution in [0.25, 0.3) is 0 Å². The van der Waals surface area contributed by atoms with Crippen LogP contribution in [0.5, 0.6) is 5.75 Å². The lowest BCUT2D eigenvalue weighted by Crippen LogP contribution is -2.23. The van der Waals surface area contributed by atoms with Gasteiger partial charge in [-0.05, 0) is 12.1 Å². The van der Waals surface area contributed by atoms with Crippen molar-refractivity contribution < 1.29 is 31.9 Å². The fourth-order valence-electron chi connectivity index (χ4n) is 1.03. The third kappa shape index (κ3) is 2.95. The Bertz CT molecular complexity index is 458. The summed E-state index contributed by atoms with van der Waals surface area (Å²) in [6.45, 7) is 0. The molecule has 4 nitrogen and oxygen atoms in total. The molecule has 1 rings (SSSR count). The summed E-state index contributed by atoms with van der Waals surface area (Å²) in [6, 6.07) is 0.934. The highest BCUT2D eigenvalue weighted by Gasteiger charge is 2.33. The van der Waals surface area contributed by atoms with E-state index in [0.717, 1.165) is 0 Å². The fraction of sp³-hybridized carbons (Fsp3) is 0.125. The van der Waals surface area contributed by atoms with Crippen molar-refractivity contribution in [1.29, 1.82) is 0 Å². The summed E-state index contributed by atoms with van der Waals surface area (Å²) >= 11 is 0. The largest absolute Gasteiger partial charge is 0.573 e. The van der Waals surface area contributed by atoms with E-state index in [-0.39, 0.29) is 0 Å². The molecular formula is C8H5F5N2O2. The van der Waals surface area contributed by atoms with Crippen molar-refractivity contribution in [2.75, 3.05) is 0 Å². The number of benzene rings is 1. The van der Waals surface area contributed by atoms with Crippen LogP contribution in [-0.2, 0) is 0 Å². The Kier molecular flexibility index (Phi) is 3.39. The molecule has 0 atom stereocenters. The highest BCUT2D eigenvalue weighted by atomic mass is 19.4. The number of ether oxygens (including phenoxy) is 1. The van der Waals surface area contributed by atoms with Gasteiger partial charge in [-0.1, -0.05) is 5.16 Å². The molecule has 0 aromatic heterocycles. The van der Waals surface area contributed by atoms with Gasteiger partial charge in [-0.25, -0.2) is 8.78 Å². The van der Waals surface area contributed by atoms with Gasteiger partial charge in [0.1, 0.15) is 11.3 Å². The smallest absolute Gasteiger partial charge is 0.409 e. The molecule has 1 aromatic rings. The number of alkyl halides is 3. The summed E-state index contributed by atoms with van der Waals surface area (Å²) in [7, 11) is 0. The first kappa shape index (κ1) is 13.0. The minimum atomic E-state index is -5.12. The van der Waals surface area contributed by atoms with Crippen molar-refractivity contribution in [3.63, 3.8) is 0 Å². The van der Waals surface area contributed by atoms with Gasteiger partial charge in [0.25, 0.3) is 0 Å². The van der Waals surface area contributed by atoms with Crippen LogP contribution in [0, 0.1) is 11.6 Å². The zero-order valence-electron chi connectivity index (χ0n) is 7.92. The summed E-state index contributed by atoms with van der Waals surface area (Å²) in [6.07, 6.45) is -5.12. The van der Waals surface area contributed by atoms with E-state index in [1.165, 1.54) is 0 Å². The van der Waals surface area contributed by atoms with Crippen molar-refractivity contribution in [2.24, 2.45) is 10.9 Å². The molecule has 0 radical (unpaired) electrons. The molecule has 0 unspecified atom stereocenters. The minimum Gasteiger partial charge on any atom is -0.409 e. The summed E-state index contributed by atoms with van der Waals surface area (Å²) in [4.78, 5) is 0. The minimum absolute atomic E-state index is 0.421. The van der Waals surface area contributed by atoms with Gasteiger partial charge in [0.15, 0.2) is 17.5 Å². The maximum absolute atomic E-state index is 13.2. The van der Waals surface area contributed by atoms with E-state index in [9.17, 15) is 22.0 Å². The number of halogens is 5. The molecule has 0 saturated carbocycles. The quantitative estimate of drug-likeness (QED) is 0.279. The lowest BCUT2D eigenvalue weighted by molar-refractivity contribution is -0.274. The number of hydrogen-bond donors (Lipinski definition) is 2. The van der Waals surface area contributed by atoms with Crippen molar-refractivity contribution >= 4 is 5.84 Å². The average molecular weight is 256 g/mol. The van der Waals surface area contributed by atoms with Gasteiger partial charge in [-0.3, -0.25) is 0 Å². The number of rotatable bonds is 2. The zero-order valence-corrected chi connectivity index (χ0v) is 7.92. The van der Waals surface area contributed by atoms with Gasteiger partial charge < -0.3 is 15.7 Å². The second-order valence-electron chi connectivity index (χ2n) is 2.77. The van der Waals surface area contributed by atoms with Crippen LogP contribution in [-0.4, -0.2) is 17.4 Å². The van der Waals surface area contributed by atoms with E-state index in [1.807, 2.05) is 0 Å². The van der Waals surface area contributed by atoms with Gasteiger partial charge in [-0.15, -0.1) is 13.2 Å². The first-order valence-electron chi connectivity index (χ1n) is 3.98. The maximum Gasteiger partial charge on any atom is 0.573 e. The molecule has 0 bridgehead atoms. The van der Waals surface area contributed by atoms with E-state index in [4.69, 9.17) is 10.9 Å². The summed E-state index contributed by atoms with van der Waals surface area (Å²) in [5, 5.41) is 10.6. The summed E-state index contributed by atoms with van der Waals surface area (Å²) < 4.78 is 65.2. The molecule has 9 heteroatoms. The SMILES string of the molecule is NC(=NO)c1c(OC(F)(F)F)ccc(F)c1F. The molecule has 1 aromatic carbocycles. The molecule has 0 saturated heterocycles. The molecule has 94 valence electrons. The molecule has 0 aliphatic rings. The topological polar surface area (TPSA) is 67.8 Å².